The van der Waals surface area contributed by atoms with Gasteiger partial charge in [-0.2, -0.15) is 0 Å². The van der Waals surface area contributed by atoms with E-state index < -0.39 is 56.4 Å². The van der Waals surface area contributed by atoms with Gasteiger partial charge in [0.2, 0.25) is 0 Å². The number of azide groups is 1. The van der Waals surface area contributed by atoms with E-state index in [1.54, 1.807) is 4.57 Å². The number of H-pyrrole nitrogens is 2. The second-order valence-electron chi connectivity index (χ2n) is 9.02. The van der Waals surface area contributed by atoms with Crippen LogP contribution >= 0.6 is 7.82 Å². The van der Waals surface area contributed by atoms with Crippen LogP contribution in [0.3, 0.4) is 0 Å². The van der Waals surface area contributed by atoms with Crippen molar-refractivity contribution in [2.45, 2.75) is 56.9 Å². The van der Waals surface area contributed by atoms with Crippen LogP contribution in [0, 0.1) is 6.92 Å². The molecule has 2 saturated heterocycles. The van der Waals surface area contributed by atoms with Gasteiger partial charge in [0.15, 0.2) is 11.2 Å². The monoisotopic (exact) mass is 565 g/mol. The molecule has 39 heavy (non-hydrogen) atoms. The molecule has 5 rings (SSSR count). The lowest BCUT2D eigenvalue weighted by Crippen LogP contribution is -2.33. The molecule has 3 aromatic rings. The highest BCUT2D eigenvalue weighted by Crippen LogP contribution is 2.45. The molecule has 5 heterocycles. The molecule has 0 radical (unpaired) electrons. The Morgan fingerprint density at radius 3 is 2.77 bits per heavy atom. The Bertz CT molecular complexity index is 1640. The Kier molecular flexibility index (Phi) is 7.51. The van der Waals surface area contributed by atoms with E-state index in [1.807, 2.05) is 0 Å². The van der Waals surface area contributed by atoms with Gasteiger partial charge in [0.25, 0.3) is 11.1 Å². The summed E-state index contributed by atoms with van der Waals surface area (Å²) in [5, 5.41) is 3.64. The minimum Gasteiger partial charge on any atom is -0.352 e. The van der Waals surface area contributed by atoms with E-state index in [9.17, 15) is 23.8 Å². The summed E-state index contributed by atoms with van der Waals surface area (Å²) in [5.74, 6) is 0. The molecule has 2 unspecified atom stereocenters. The van der Waals surface area contributed by atoms with Crippen molar-refractivity contribution < 1.29 is 28.0 Å². The molecule has 2 aliphatic heterocycles. The number of imidazole rings is 1. The lowest BCUT2D eigenvalue weighted by atomic mass is 10.1. The quantitative estimate of drug-likeness (QED) is 0.141. The molecule has 18 nitrogen and oxygen atoms in total. The number of ether oxygens (including phenoxy) is 2. The largest absolute Gasteiger partial charge is 0.472 e. The lowest BCUT2D eigenvalue weighted by Gasteiger charge is -2.20. The summed E-state index contributed by atoms with van der Waals surface area (Å²) in [5.41, 5.74) is 8.07. The molecule has 3 aromatic heterocycles. The maximum Gasteiger partial charge on any atom is 0.472 e. The van der Waals surface area contributed by atoms with Crippen LogP contribution in [0.5, 0.6) is 0 Å². The first-order valence-electron chi connectivity index (χ1n) is 11.8. The number of phosphoric acid groups is 1. The molecule has 0 aromatic carbocycles. The zero-order valence-corrected chi connectivity index (χ0v) is 21.3. The number of hydrogen-bond acceptors (Lipinski definition) is 11. The Morgan fingerprint density at radius 1 is 1.18 bits per heavy atom. The van der Waals surface area contributed by atoms with Crippen LogP contribution in [0.1, 0.15) is 37.3 Å². The first-order chi connectivity index (χ1) is 18.6. The normalized spacial score (nSPS) is 26.5. The second kappa shape index (κ2) is 10.9. The van der Waals surface area contributed by atoms with Crippen LogP contribution in [0.2, 0.25) is 0 Å². The number of phosphoric ester groups is 1. The fraction of sp³-hybridized carbons (Fsp3) is 0.550. The fourth-order valence-electron chi connectivity index (χ4n) is 4.49. The highest BCUT2D eigenvalue weighted by molar-refractivity contribution is 7.47. The summed E-state index contributed by atoms with van der Waals surface area (Å²) in [4.78, 5) is 61.5. The SMILES string of the molecule is Cc1cn([C@H]2CC(N=[N+]=[N-])[C@@H](COP(=O)(O)OC[C@@H]3CC[C@H](n4cnc5c(=O)[nH]cnc54)O3)O2)c(=O)[nH]c1=O. The lowest BCUT2D eigenvalue weighted by molar-refractivity contribution is -0.0375. The van der Waals surface area contributed by atoms with Gasteiger partial charge in [-0.15, -0.1) is 0 Å². The highest BCUT2D eigenvalue weighted by Gasteiger charge is 2.39. The van der Waals surface area contributed by atoms with E-state index in [0.717, 1.165) is 4.57 Å². The number of aromatic nitrogens is 6. The number of aromatic amines is 2. The molecule has 0 aliphatic carbocycles. The third-order valence-electron chi connectivity index (χ3n) is 6.45. The van der Waals surface area contributed by atoms with Crippen molar-refractivity contribution in [3.63, 3.8) is 0 Å². The highest BCUT2D eigenvalue weighted by atomic mass is 31.2. The molecule has 0 amide bonds. The molecule has 6 atom stereocenters. The first-order valence-corrected chi connectivity index (χ1v) is 13.3. The van der Waals surface area contributed by atoms with E-state index in [-0.39, 0.29) is 29.7 Å². The van der Waals surface area contributed by atoms with Crippen molar-refractivity contribution in [3.05, 3.63) is 66.0 Å². The number of rotatable bonds is 9. The van der Waals surface area contributed by atoms with Crippen molar-refractivity contribution in [1.29, 1.82) is 0 Å². The number of fused-ring (bicyclic) bond motifs is 1. The van der Waals surface area contributed by atoms with Gasteiger partial charge in [0.05, 0.1) is 44.1 Å². The van der Waals surface area contributed by atoms with Crippen molar-refractivity contribution >= 4 is 19.0 Å². The molecule has 2 fully saturated rings. The first kappa shape index (κ1) is 27.0. The number of nitrogens with zero attached hydrogens (tertiary/aromatic N) is 7. The van der Waals surface area contributed by atoms with E-state index in [2.05, 4.69) is 30.0 Å². The van der Waals surface area contributed by atoms with Crippen molar-refractivity contribution in [3.8, 4) is 0 Å². The summed E-state index contributed by atoms with van der Waals surface area (Å²) < 4.78 is 37.2. The topological polar surface area (TPSA) is 241 Å². The van der Waals surface area contributed by atoms with Gasteiger partial charge in [-0.3, -0.25) is 32.8 Å². The smallest absolute Gasteiger partial charge is 0.352 e. The van der Waals surface area contributed by atoms with Crippen LogP contribution in [-0.4, -0.2) is 65.4 Å². The molecular formula is C20H24N9O9P. The average molecular weight is 565 g/mol. The molecule has 0 spiro atoms. The van der Waals surface area contributed by atoms with Gasteiger partial charge in [-0.25, -0.2) is 19.3 Å². The van der Waals surface area contributed by atoms with E-state index in [0.29, 0.717) is 18.5 Å². The van der Waals surface area contributed by atoms with Gasteiger partial charge < -0.3 is 19.4 Å². The summed E-state index contributed by atoms with van der Waals surface area (Å²) >= 11 is 0. The number of aryl methyl sites for hydroxylation is 1. The van der Waals surface area contributed by atoms with Gasteiger partial charge in [0, 0.05) is 23.1 Å². The Balaban J connectivity index is 1.17. The number of hydrogen-bond donors (Lipinski definition) is 3. The predicted molar refractivity (Wildman–Crippen MR) is 131 cm³/mol. The fourth-order valence-corrected chi connectivity index (χ4v) is 5.26. The van der Waals surface area contributed by atoms with Gasteiger partial charge in [-0.05, 0) is 25.3 Å². The summed E-state index contributed by atoms with van der Waals surface area (Å²) in [6.45, 7) is 0.784. The van der Waals surface area contributed by atoms with E-state index >= 15 is 0 Å². The van der Waals surface area contributed by atoms with Crippen LogP contribution in [0.15, 0.2) is 38.3 Å². The number of nitrogens with one attached hydrogen (secondary N) is 2. The van der Waals surface area contributed by atoms with E-state index in [1.165, 1.54) is 25.8 Å². The third-order valence-corrected chi connectivity index (χ3v) is 7.40. The van der Waals surface area contributed by atoms with Crippen LogP contribution in [0.4, 0.5) is 0 Å². The van der Waals surface area contributed by atoms with Crippen molar-refractivity contribution in [1.82, 2.24) is 29.1 Å². The van der Waals surface area contributed by atoms with Crippen molar-refractivity contribution in [2.24, 2.45) is 5.11 Å². The van der Waals surface area contributed by atoms with Gasteiger partial charge >= 0.3 is 13.5 Å². The Hall–Kier alpha value is -3.63. The third kappa shape index (κ3) is 5.72. The predicted octanol–water partition coefficient (Wildman–Crippen LogP) is 0.756. The summed E-state index contributed by atoms with van der Waals surface area (Å²) in [7, 11) is -4.57. The molecule has 19 heteroatoms. The molecule has 3 N–H and O–H groups in total. The average Bonchev–Trinajstić information content (AvgIpc) is 3.63. The molecule has 0 saturated carbocycles. The Labute approximate surface area is 217 Å². The second-order valence-corrected chi connectivity index (χ2v) is 10.5. The Morgan fingerprint density at radius 2 is 1.97 bits per heavy atom. The van der Waals surface area contributed by atoms with Gasteiger partial charge in [-0.1, -0.05) is 5.11 Å². The zero-order chi connectivity index (χ0) is 27.7. The van der Waals surface area contributed by atoms with Crippen LogP contribution < -0.4 is 16.8 Å². The van der Waals surface area contributed by atoms with E-state index in [4.69, 9.17) is 24.1 Å². The summed E-state index contributed by atoms with van der Waals surface area (Å²) in [6.07, 6.45) is 2.21. The minimum atomic E-state index is -4.57. The van der Waals surface area contributed by atoms with Crippen LogP contribution in [0.25, 0.3) is 21.6 Å². The molecular weight excluding hydrogens is 541 g/mol. The maximum absolute atomic E-state index is 12.5. The van der Waals surface area contributed by atoms with Crippen molar-refractivity contribution in [2.75, 3.05) is 13.2 Å². The molecule has 208 valence electrons. The standard InChI is InChI=1S/C20H24N9O9P/c1-10-5-28(20(32)25-18(10)30)15-4-12(26-27-21)13(38-15)7-36-39(33,34)35-6-11-2-3-14(37-11)29-9-24-16-17(29)22-8-23-19(16)31/h5,8-9,11-15H,2-4,6-7H2,1H3,(H,33,34)(H,22,23,31)(H,25,30,32)/t11-,12?,13+,14+,15+/m0/s1. The molecule has 0 bridgehead atoms. The van der Waals surface area contributed by atoms with Gasteiger partial charge in [0.1, 0.15) is 12.5 Å². The minimum absolute atomic E-state index is 0.0705. The van der Waals surface area contributed by atoms with Crippen LogP contribution in [-0.2, 0) is 23.1 Å². The summed E-state index contributed by atoms with van der Waals surface area (Å²) in [6, 6.07) is -0.816. The molecule has 2 aliphatic rings. The maximum atomic E-state index is 12.5. The zero-order valence-electron chi connectivity index (χ0n) is 20.4.